The van der Waals surface area contributed by atoms with Crippen molar-refractivity contribution in [3.63, 3.8) is 0 Å². The lowest BCUT2D eigenvalue weighted by atomic mass is 10.2. The van der Waals surface area contributed by atoms with Crippen molar-refractivity contribution in [2.75, 3.05) is 11.9 Å². The predicted octanol–water partition coefficient (Wildman–Crippen LogP) is 2.31. The molecule has 0 spiro atoms. The highest BCUT2D eigenvalue weighted by molar-refractivity contribution is 5.92. The van der Waals surface area contributed by atoms with Crippen LogP contribution in [0.25, 0.3) is 5.69 Å². The van der Waals surface area contributed by atoms with Crippen LogP contribution in [-0.4, -0.2) is 28.2 Å². The number of nitrogens with zero attached hydrogens (tertiary/aromatic N) is 2. The zero-order valence-electron chi connectivity index (χ0n) is 15.0. The number of para-hydroxylation sites is 2. The van der Waals surface area contributed by atoms with Crippen LogP contribution < -0.4 is 15.6 Å². The van der Waals surface area contributed by atoms with Crippen LogP contribution >= 0.6 is 0 Å². The van der Waals surface area contributed by atoms with Gasteiger partial charge in [0.2, 0.25) is 0 Å². The highest BCUT2D eigenvalue weighted by Crippen LogP contribution is 2.16. The Morgan fingerprint density at radius 2 is 1.78 bits per heavy atom. The standard InChI is InChI=1S/C20H19N3O4/c1-14-19(20(26)23(22(14)2)16-9-4-3-5-10-16)21-18(25)13-27-17-11-7-6-8-15(17)12-24/h3-12H,13H2,1-2H3,(H,21,25). The number of carbonyl (C=O) groups is 2. The quantitative estimate of drug-likeness (QED) is 0.680. The summed E-state index contributed by atoms with van der Waals surface area (Å²) >= 11 is 0. The molecule has 1 N–H and O–H groups in total. The van der Waals surface area contributed by atoms with Crippen molar-refractivity contribution in [1.29, 1.82) is 0 Å². The van der Waals surface area contributed by atoms with E-state index in [9.17, 15) is 14.4 Å². The second-order valence-corrected chi connectivity index (χ2v) is 5.93. The van der Waals surface area contributed by atoms with Crippen molar-refractivity contribution in [3.05, 3.63) is 76.2 Å². The van der Waals surface area contributed by atoms with Crippen molar-refractivity contribution in [2.45, 2.75) is 6.92 Å². The van der Waals surface area contributed by atoms with Crippen molar-refractivity contribution in [3.8, 4) is 11.4 Å². The molecular formula is C20H19N3O4. The summed E-state index contributed by atoms with van der Waals surface area (Å²) in [5, 5.41) is 2.61. The maximum atomic E-state index is 12.8. The van der Waals surface area contributed by atoms with E-state index in [1.54, 1.807) is 42.9 Å². The van der Waals surface area contributed by atoms with Crippen molar-refractivity contribution >= 4 is 17.9 Å². The van der Waals surface area contributed by atoms with Gasteiger partial charge in [-0.15, -0.1) is 0 Å². The number of rotatable bonds is 6. The van der Waals surface area contributed by atoms with Crippen LogP contribution in [0.2, 0.25) is 0 Å². The smallest absolute Gasteiger partial charge is 0.295 e. The third kappa shape index (κ3) is 3.67. The number of nitrogens with one attached hydrogen (secondary N) is 1. The molecule has 7 nitrogen and oxygen atoms in total. The lowest BCUT2D eigenvalue weighted by Crippen LogP contribution is -2.25. The molecule has 1 amide bonds. The molecule has 0 aliphatic rings. The molecule has 0 saturated carbocycles. The third-order valence-electron chi connectivity index (χ3n) is 4.22. The Labute approximate surface area is 155 Å². The number of carbonyl (C=O) groups excluding carboxylic acids is 2. The normalized spacial score (nSPS) is 10.4. The Hall–Kier alpha value is -3.61. The van der Waals surface area contributed by atoms with E-state index in [0.717, 1.165) is 0 Å². The van der Waals surface area contributed by atoms with E-state index in [-0.39, 0.29) is 17.9 Å². The molecule has 7 heteroatoms. The average Bonchev–Trinajstić information content (AvgIpc) is 2.90. The van der Waals surface area contributed by atoms with Crippen LogP contribution in [0.5, 0.6) is 5.75 Å². The maximum absolute atomic E-state index is 12.8. The van der Waals surface area contributed by atoms with Crippen LogP contribution in [0.3, 0.4) is 0 Å². The molecule has 0 unspecified atom stereocenters. The molecule has 0 aliphatic carbocycles. The molecule has 138 valence electrons. The lowest BCUT2D eigenvalue weighted by molar-refractivity contribution is -0.118. The van der Waals surface area contributed by atoms with Crippen LogP contribution in [0.4, 0.5) is 5.69 Å². The van der Waals surface area contributed by atoms with Crippen LogP contribution in [0, 0.1) is 6.92 Å². The van der Waals surface area contributed by atoms with E-state index in [4.69, 9.17) is 4.74 Å². The van der Waals surface area contributed by atoms with Gasteiger partial charge in [0.1, 0.15) is 11.4 Å². The summed E-state index contributed by atoms with van der Waals surface area (Å²) in [5.74, 6) is -0.171. The van der Waals surface area contributed by atoms with Gasteiger partial charge in [-0.2, -0.15) is 0 Å². The molecule has 0 aliphatic heterocycles. The molecule has 27 heavy (non-hydrogen) atoms. The van der Waals surface area contributed by atoms with E-state index in [1.807, 2.05) is 30.3 Å². The Kier molecular flexibility index (Phi) is 5.21. The minimum atomic E-state index is -0.485. The van der Waals surface area contributed by atoms with Gasteiger partial charge in [0.05, 0.1) is 16.9 Å². The number of anilines is 1. The van der Waals surface area contributed by atoms with Crippen molar-refractivity contribution in [2.24, 2.45) is 7.05 Å². The highest BCUT2D eigenvalue weighted by Gasteiger charge is 2.18. The number of ether oxygens (including phenoxy) is 1. The summed E-state index contributed by atoms with van der Waals surface area (Å²) in [6.45, 7) is 1.43. The van der Waals surface area contributed by atoms with Crippen LogP contribution in [-0.2, 0) is 11.8 Å². The summed E-state index contributed by atoms with van der Waals surface area (Å²) < 4.78 is 8.56. The van der Waals surface area contributed by atoms with E-state index in [2.05, 4.69) is 5.32 Å². The number of hydrogen-bond acceptors (Lipinski definition) is 4. The minimum absolute atomic E-state index is 0.193. The van der Waals surface area contributed by atoms with Gasteiger partial charge in [-0.25, -0.2) is 4.68 Å². The molecule has 0 fully saturated rings. The molecule has 1 heterocycles. The van der Waals surface area contributed by atoms with Gasteiger partial charge in [-0.1, -0.05) is 30.3 Å². The molecule has 3 rings (SSSR count). The topological polar surface area (TPSA) is 82.3 Å². The fourth-order valence-electron chi connectivity index (χ4n) is 2.74. The maximum Gasteiger partial charge on any atom is 0.295 e. The summed E-state index contributed by atoms with van der Waals surface area (Å²) in [4.78, 5) is 36.0. The second kappa shape index (κ2) is 7.74. The van der Waals surface area contributed by atoms with Gasteiger partial charge >= 0.3 is 0 Å². The number of aromatic nitrogens is 2. The van der Waals surface area contributed by atoms with Gasteiger partial charge in [-0.3, -0.25) is 19.1 Å². The first kappa shape index (κ1) is 18.2. The summed E-state index contributed by atoms with van der Waals surface area (Å²) in [5.41, 5.74) is 1.53. The van der Waals surface area contributed by atoms with Crippen LogP contribution in [0.15, 0.2) is 59.4 Å². The number of benzene rings is 2. The van der Waals surface area contributed by atoms with Gasteiger partial charge in [0.15, 0.2) is 12.9 Å². The Morgan fingerprint density at radius 1 is 1.11 bits per heavy atom. The van der Waals surface area contributed by atoms with Gasteiger partial charge in [0.25, 0.3) is 11.5 Å². The largest absolute Gasteiger partial charge is 0.483 e. The van der Waals surface area contributed by atoms with Gasteiger partial charge in [0, 0.05) is 7.05 Å². The zero-order valence-corrected chi connectivity index (χ0v) is 15.0. The zero-order chi connectivity index (χ0) is 19.4. The molecule has 0 bridgehead atoms. The Bertz CT molecular complexity index is 1040. The number of amides is 1. The van der Waals surface area contributed by atoms with Gasteiger partial charge in [-0.05, 0) is 31.2 Å². The van der Waals surface area contributed by atoms with Crippen molar-refractivity contribution in [1.82, 2.24) is 9.36 Å². The van der Waals surface area contributed by atoms with E-state index in [1.165, 1.54) is 4.68 Å². The monoisotopic (exact) mass is 365 g/mol. The highest BCUT2D eigenvalue weighted by atomic mass is 16.5. The molecule has 0 radical (unpaired) electrons. The molecule has 0 atom stereocenters. The fourth-order valence-corrected chi connectivity index (χ4v) is 2.74. The Morgan fingerprint density at radius 3 is 2.48 bits per heavy atom. The molecule has 1 aromatic heterocycles. The number of hydrogen-bond donors (Lipinski definition) is 1. The average molecular weight is 365 g/mol. The van der Waals surface area contributed by atoms with E-state index in [0.29, 0.717) is 29.0 Å². The molecule has 2 aromatic carbocycles. The molecule has 3 aromatic rings. The van der Waals surface area contributed by atoms with Gasteiger partial charge < -0.3 is 10.1 Å². The predicted molar refractivity (Wildman–Crippen MR) is 102 cm³/mol. The molecule has 0 saturated heterocycles. The molecular weight excluding hydrogens is 346 g/mol. The first-order chi connectivity index (χ1) is 13.0. The summed E-state index contributed by atoms with van der Waals surface area (Å²) in [6, 6.07) is 15.8. The fraction of sp³-hybridized carbons (Fsp3) is 0.150. The first-order valence-electron chi connectivity index (χ1n) is 8.34. The second-order valence-electron chi connectivity index (χ2n) is 5.93. The van der Waals surface area contributed by atoms with Crippen molar-refractivity contribution < 1.29 is 14.3 Å². The summed E-state index contributed by atoms with van der Waals surface area (Å²) in [6.07, 6.45) is 0.660. The summed E-state index contributed by atoms with van der Waals surface area (Å²) in [7, 11) is 1.75. The first-order valence-corrected chi connectivity index (χ1v) is 8.34. The minimum Gasteiger partial charge on any atom is -0.483 e. The lowest BCUT2D eigenvalue weighted by Gasteiger charge is -2.08. The van der Waals surface area contributed by atoms with E-state index < -0.39 is 5.91 Å². The number of aldehydes is 1. The van der Waals surface area contributed by atoms with E-state index >= 15 is 0 Å². The third-order valence-corrected chi connectivity index (χ3v) is 4.22. The Balaban J connectivity index is 1.79. The van der Waals surface area contributed by atoms with Crippen LogP contribution in [0.1, 0.15) is 16.1 Å². The SMILES string of the molecule is Cc1c(NC(=O)COc2ccccc2C=O)c(=O)n(-c2ccccc2)n1C.